The average molecular weight is 367 g/mol. The molecule has 2 aliphatic rings. The first kappa shape index (κ1) is 20.8. The number of nitrogens with one attached hydrogen (secondary N) is 1. The van der Waals surface area contributed by atoms with E-state index in [1.807, 2.05) is 12.3 Å². The summed E-state index contributed by atoms with van der Waals surface area (Å²) in [5.74, 6) is -0.303. The highest BCUT2D eigenvalue weighted by Crippen LogP contribution is 2.16. The van der Waals surface area contributed by atoms with Gasteiger partial charge < -0.3 is 9.64 Å². The zero-order chi connectivity index (χ0) is 18.6. The topological polar surface area (TPSA) is 80.6 Å². The van der Waals surface area contributed by atoms with Crippen LogP contribution in [0.5, 0.6) is 0 Å². The number of ether oxygens (including phenoxy) is 1. The molecule has 0 bridgehead atoms. The van der Waals surface area contributed by atoms with Gasteiger partial charge in [0, 0.05) is 65.2 Å². The van der Waals surface area contributed by atoms with Gasteiger partial charge in [0.05, 0.1) is 6.61 Å². The minimum absolute atomic E-state index is 0.102. The predicted octanol–water partition coefficient (Wildman–Crippen LogP) is 0.890. The van der Waals surface area contributed by atoms with Crippen LogP contribution in [0.2, 0.25) is 0 Å². The zero-order valence-corrected chi connectivity index (χ0v) is 15.8. The van der Waals surface area contributed by atoms with E-state index in [0.717, 1.165) is 71.6 Å². The molecular formula is C18H33N5O3. The summed E-state index contributed by atoms with van der Waals surface area (Å²) in [6.07, 6.45) is 10.5. The van der Waals surface area contributed by atoms with Crippen molar-refractivity contribution in [3.8, 4) is 0 Å². The van der Waals surface area contributed by atoms with Gasteiger partial charge in [-0.25, -0.2) is 5.48 Å². The second-order valence-corrected chi connectivity index (χ2v) is 6.79. The minimum Gasteiger partial charge on any atom is -0.383 e. The van der Waals surface area contributed by atoms with E-state index in [1.54, 1.807) is 12.6 Å². The molecule has 8 heteroatoms. The SMILES string of the molecule is COCCN1CCN(C2N=CC=CN2CCCCCCC(=O)NO)CC1. The maximum atomic E-state index is 11.0. The fourth-order valence-electron chi connectivity index (χ4n) is 3.36. The second-order valence-electron chi connectivity index (χ2n) is 6.79. The first-order chi connectivity index (χ1) is 12.7. The largest absolute Gasteiger partial charge is 0.383 e. The van der Waals surface area contributed by atoms with Gasteiger partial charge in [-0.15, -0.1) is 0 Å². The number of nitrogens with zero attached hydrogens (tertiary/aromatic N) is 4. The van der Waals surface area contributed by atoms with Crippen molar-refractivity contribution in [1.82, 2.24) is 20.2 Å². The molecule has 2 heterocycles. The van der Waals surface area contributed by atoms with Crippen LogP contribution < -0.4 is 5.48 Å². The molecule has 1 saturated heterocycles. The Labute approximate surface area is 156 Å². The normalized spacial score (nSPS) is 21.3. The van der Waals surface area contributed by atoms with Crippen molar-refractivity contribution in [3.63, 3.8) is 0 Å². The molecule has 0 aliphatic carbocycles. The molecule has 0 saturated carbocycles. The summed E-state index contributed by atoms with van der Waals surface area (Å²) in [5.41, 5.74) is 1.68. The molecule has 0 spiro atoms. The number of aliphatic imine (C=N–C) groups is 1. The van der Waals surface area contributed by atoms with E-state index in [9.17, 15) is 4.79 Å². The summed E-state index contributed by atoms with van der Waals surface area (Å²) >= 11 is 0. The van der Waals surface area contributed by atoms with Crippen LogP contribution in [-0.4, -0.2) is 91.3 Å². The summed E-state index contributed by atoms with van der Waals surface area (Å²) in [4.78, 5) is 22.9. The Bertz CT molecular complexity index is 464. The summed E-state index contributed by atoms with van der Waals surface area (Å²) in [6, 6.07) is 0. The van der Waals surface area contributed by atoms with Gasteiger partial charge in [0.15, 0.2) is 6.29 Å². The quantitative estimate of drug-likeness (QED) is 0.321. The minimum atomic E-state index is -0.303. The number of methoxy groups -OCH3 is 1. The molecule has 0 radical (unpaired) electrons. The molecule has 1 unspecified atom stereocenters. The number of amides is 1. The number of piperazine rings is 1. The van der Waals surface area contributed by atoms with Crippen molar-refractivity contribution >= 4 is 12.1 Å². The number of hydrogen-bond donors (Lipinski definition) is 2. The van der Waals surface area contributed by atoms with Crippen LogP contribution in [0, 0.1) is 0 Å². The Morgan fingerprint density at radius 3 is 2.69 bits per heavy atom. The van der Waals surface area contributed by atoms with Crippen LogP contribution in [0.15, 0.2) is 17.3 Å². The lowest BCUT2D eigenvalue weighted by atomic mass is 10.1. The Morgan fingerprint density at radius 2 is 1.96 bits per heavy atom. The molecule has 2 rings (SSSR count). The fraction of sp³-hybridized carbons (Fsp3) is 0.778. The van der Waals surface area contributed by atoms with Gasteiger partial charge in [0.25, 0.3) is 0 Å². The first-order valence-corrected chi connectivity index (χ1v) is 9.58. The van der Waals surface area contributed by atoms with Crippen molar-refractivity contribution in [2.45, 2.75) is 38.4 Å². The van der Waals surface area contributed by atoms with Gasteiger partial charge in [-0.1, -0.05) is 12.8 Å². The van der Waals surface area contributed by atoms with Crippen LogP contribution in [0.4, 0.5) is 0 Å². The monoisotopic (exact) mass is 367 g/mol. The lowest BCUT2D eigenvalue weighted by molar-refractivity contribution is -0.129. The maximum absolute atomic E-state index is 11.0. The summed E-state index contributed by atoms with van der Waals surface area (Å²) in [5, 5.41) is 8.48. The van der Waals surface area contributed by atoms with Gasteiger partial charge in [0.1, 0.15) is 0 Å². The number of rotatable bonds is 11. The summed E-state index contributed by atoms with van der Waals surface area (Å²) in [7, 11) is 1.75. The number of allylic oxidation sites excluding steroid dienone is 1. The van der Waals surface area contributed by atoms with E-state index < -0.39 is 0 Å². The third kappa shape index (κ3) is 7.03. The molecular weight excluding hydrogens is 334 g/mol. The highest BCUT2D eigenvalue weighted by atomic mass is 16.5. The Morgan fingerprint density at radius 1 is 1.19 bits per heavy atom. The van der Waals surface area contributed by atoms with Crippen molar-refractivity contribution in [1.29, 1.82) is 0 Å². The van der Waals surface area contributed by atoms with E-state index in [1.165, 1.54) is 0 Å². The molecule has 2 aliphatic heterocycles. The smallest absolute Gasteiger partial charge is 0.243 e. The third-order valence-corrected chi connectivity index (χ3v) is 4.92. The molecule has 1 fully saturated rings. The van der Waals surface area contributed by atoms with Crippen LogP contribution in [-0.2, 0) is 9.53 Å². The molecule has 8 nitrogen and oxygen atoms in total. The van der Waals surface area contributed by atoms with Crippen LogP contribution in [0.25, 0.3) is 0 Å². The van der Waals surface area contributed by atoms with E-state index in [-0.39, 0.29) is 12.2 Å². The zero-order valence-electron chi connectivity index (χ0n) is 15.8. The molecule has 26 heavy (non-hydrogen) atoms. The number of carbonyl (C=O) groups is 1. The van der Waals surface area contributed by atoms with E-state index in [4.69, 9.17) is 9.94 Å². The van der Waals surface area contributed by atoms with E-state index >= 15 is 0 Å². The van der Waals surface area contributed by atoms with Crippen molar-refractivity contribution in [3.05, 3.63) is 12.3 Å². The van der Waals surface area contributed by atoms with Gasteiger partial charge in [-0.3, -0.25) is 24.8 Å². The van der Waals surface area contributed by atoms with Crippen molar-refractivity contribution in [2.24, 2.45) is 4.99 Å². The van der Waals surface area contributed by atoms with Crippen molar-refractivity contribution in [2.75, 3.05) is 53.0 Å². The molecule has 1 amide bonds. The number of hydroxylamine groups is 1. The summed E-state index contributed by atoms with van der Waals surface area (Å²) in [6.45, 7) is 6.90. The van der Waals surface area contributed by atoms with E-state index in [2.05, 4.69) is 25.9 Å². The average Bonchev–Trinajstić information content (AvgIpc) is 2.69. The molecule has 1 atom stereocenters. The number of carbonyl (C=O) groups excluding carboxylic acids is 1. The Kier molecular flexibility index (Phi) is 9.62. The molecule has 0 aromatic rings. The molecule has 0 aromatic heterocycles. The van der Waals surface area contributed by atoms with E-state index in [0.29, 0.717) is 6.42 Å². The molecule has 148 valence electrons. The van der Waals surface area contributed by atoms with Gasteiger partial charge in [-0.05, 0) is 18.9 Å². The summed E-state index contributed by atoms with van der Waals surface area (Å²) < 4.78 is 5.17. The lowest BCUT2D eigenvalue weighted by Crippen LogP contribution is -2.55. The van der Waals surface area contributed by atoms with Gasteiger partial charge in [0.2, 0.25) is 5.91 Å². The highest BCUT2D eigenvalue weighted by molar-refractivity contribution is 5.74. The van der Waals surface area contributed by atoms with Gasteiger partial charge >= 0.3 is 0 Å². The second kappa shape index (κ2) is 12.0. The Balaban J connectivity index is 1.67. The first-order valence-electron chi connectivity index (χ1n) is 9.58. The number of unbranched alkanes of at least 4 members (excludes halogenated alkanes) is 3. The maximum Gasteiger partial charge on any atom is 0.243 e. The lowest BCUT2D eigenvalue weighted by Gasteiger charge is -2.42. The van der Waals surface area contributed by atoms with Crippen LogP contribution in [0.1, 0.15) is 32.1 Å². The van der Waals surface area contributed by atoms with Crippen LogP contribution >= 0.6 is 0 Å². The van der Waals surface area contributed by atoms with Gasteiger partial charge in [-0.2, -0.15) is 0 Å². The third-order valence-electron chi connectivity index (χ3n) is 4.92. The molecule has 2 N–H and O–H groups in total. The van der Waals surface area contributed by atoms with Crippen LogP contribution in [0.3, 0.4) is 0 Å². The fourth-order valence-corrected chi connectivity index (χ4v) is 3.36. The molecule has 0 aromatic carbocycles. The highest BCUT2D eigenvalue weighted by Gasteiger charge is 2.26. The standard InChI is InChI=1S/C18H33N5O3/c1-26-16-15-21-11-13-23(14-12-21)18-19-8-6-10-22(18)9-5-3-2-4-7-17(24)20-25/h6,8,10,18,25H,2-5,7,9,11-16H2,1H3,(H,20,24). The van der Waals surface area contributed by atoms with Crippen molar-refractivity contribution < 1.29 is 14.7 Å². The predicted molar refractivity (Wildman–Crippen MR) is 101 cm³/mol. The Hall–Kier alpha value is -1.48. The number of hydrogen-bond acceptors (Lipinski definition) is 7.